The molecule has 0 radical (unpaired) electrons. The number of carbonyl (C=O) groups excluding carboxylic acids is 1. The number of amides is 1. The van der Waals surface area contributed by atoms with Gasteiger partial charge in [0.15, 0.2) is 0 Å². The van der Waals surface area contributed by atoms with Crippen LogP contribution in [0.15, 0.2) is 0 Å². The molecule has 3 aliphatic rings. The van der Waals surface area contributed by atoms with Crippen molar-refractivity contribution in [2.24, 2.45) is 17.3 Å². The summed E-state index contributed by atoms with van der Waals surface area (Å²) in [6, 6.07) is 2.74. The van der Waals surface area contributed by atoms with Gasteiger partial charge >= 0.3 is 0 Å². The van der Waals surface area contributed by atoms with E-state index in [0.717, 1.165) is 45.2 Å². The summed E-state index contributed by atoms with van der Waals surface area (Å²) >= 11 is 0. The summed E-state index contributed by atoms with van der Waals surface area (Å²) in [4.78, 5) is 12.3. The molecule has 3 unspecified atom stereocenters. The average molecular weight is 233 g/mol. The van der Waals surface area contributed by atoms with E-state index in [0.29, 0.717) is 12.0 Å². The maximum absolute atomic E-state index is 12.3. The van der Waals surface area contributed by atoms with Crippen LogP contribution in [0, 0.1) is 28.6 Å². The third-order valence-electron chi connectivity index (χ3n) is 5.01. The van der Waals surface area contributed by atoms with E-state index in [1.54, 1.807) is 0 Å². The van der Waals surface area contributed by atoms with Crippen molar-refractivity contribution >= 4 is 5.91 Å². The zero-order chi connectivity index (χ0) is 11.9. The number of nitriles is 1. The molecule has 2 saturated heterocycles. The first-order valence-corrected chi connectivity index (χ1v) is 6.67. The fourth-order valence-corrected chi connectivity index (χ4v) is 4.02. The quantitative estimate of drug-likeness (QED) is 0.650. The number of piperidine rings is 1. The van der Waals surface area contributed by atoms with Crippen LogP contribution >= 0.6 is 0 Å². The minimum absolute atomic E-state index is 0.161. The third kappa shape index (κ3) is 1.56. The molecule has 1 saturated carbocycles. The highest BCUT2D eigenvalue weighted by atomic mass is 16.2. The Labute approximate surface area is 102 Å². The van der Waals surface area contributed by atoms with Crippen molar-refractivity contribution in [3.05, 3.63) is 0 Å². The van der Waals surface area contributed by atoms with Gasteiger partial charge in [-0.3, -0.25) is 4.79 Å². The van der Waals surface area contributed by atoms with Gasteiger partial charge in [-0.25, -0.2) is 0 Å². The van der Waals surface area contributed by atoms with E-state index in [1.165, 1.54) is 0 Å². The van der Waals surface area contributed by atoms with Gasteiger partial charge in [-0.05, 0) is 51.1 Å². The van der Waals surface area contributed by atoms with E-state index < -0.39 is 0 Å². The first-order chi connectivity index (χ1) is 8.26. The molecule has 92 valence electrons. The van der Waals surface area contributed by atoms with Gasteiger partial charge in [-0.2, -0.15) is 5.26 Å². The lowest BCUT2D eigenvalue weighted by Gasteiger charge is -2.40. The number of hydrogen-bond donors (Lipinski definition) is 2. The Morgan fingerprint density at radius 2 is 2.06 bits per heavy atom. The fraction of sp³-hybridized carbons (Fsp3) is 0.846. The van der Waals surface area contributed by atoms with E-state index in [9.17, 15) is 4.79 Å². The fourth-order valence-electron chi connectivity index (χ4n) is 4.02. The molecule has 17 heavy (non-hydrogen) atoms. The van der Waals surface area contributed by atoms with Gasteiger partial charge in [-0.15, -0.1) is 0 Å². The van der Waals surface area contributed by atoms with Gasteiger partial charge in [0, 0.05) is 12.0 Å². The van der Waals surface area contributed by atoms with Crippen molar-refractivity contribution in [1.82, 2.24) is 10.6 Å². The summed E-state index contributed by atoms with van der Waals surface area (Å²) in [6.45, 7) is 1.88. The number of nitrogens with one attached hydrogen (secondary N) is 2. The molecule has 2 aliphatic heterocycles. The van der Waals surface area contributed by atoms with Crippen LogP contribution in [0.1, 0.15) is 32.1 Å². The Morgan fingerprint density at radius 3 is 2.76 bits per heavy atom. The maximum atomic E-state index is 12.3. The van der Waals surface area contributed by atoms with Crippen molar-refractivity contribution in [2.75, 3.05) is 13.1 Å². The first kappa shape index (κ1) is 11.0. The highest BCUT2D eigenvalue weighted by Gasteiger charge is 2.56. The van der Waals surface area contributed by atoms with Gasteiger partial charge in [0.1, 0.15) is 0 Å². The number of hydrogen-bond acceptors (Lipinski definition) is 3. The number of fused-ring (bicyclic) bond motifs is 2. The molecule has 4 nitrogen and oxygen atoms in total. The summed E-state index contributed by atoms with van der Waals surface area (Å²) in [5.74, 6) is 0.818. The van der Waals surface area contributed by atoms with E-state index in [4.69, 9.17) is 5.26 Å². The van der Waals surface area contributed by atoms with Crippen LogP contribution in [0.4, 0.5) is 0 Å². The lowest BCUT2D eigenvalue weighted by atomic mass is 9.63. The predicted molar refractivity (Wildman–Crippen MR) is 62.9 cm³/mol. The highest BCUT2D eigenvalue weighted by molar-refractivity contribution is 5.86. The third-order valence-corrected chi connectivity index (χ3v) is 5.01. The molecule has 3 rings (SSSR count). The highest BCUT2D eigenvalue weighted by Crippen LogP contribution is 2.50. The lowest BCUT2D eigenvalue weighted by molar-refractivity contribution is -0.130. The first-order valence-electron chi connectivity index (χ1n) is 6.67. The molecule has 1 amide bonds. The molecule has 0 aromatic heterocycles. The average Bonchev–Trinajstić information content (AvgIpc) is 2.63. The van der Waals surface area contributed by atoms with Crippen molar-refractivity contribution in [3.8, 4) is 6.07 Å². The van der Waals surface area contributed by atoms with Gasteiger partial charge in [0.25, 0.3) is 0 Å². The van der Waals surface area contributed by atoms with Crippen LogP contribution in [0.3, 0.4) is 0 Å². The molecular weight excluding hydrogens is 214 g/mol. The number of rotatable bonds is 0. The smallest absolute Gasteiger partial charge is 0.226 e. The van der Waals surface area contributed by atoms with Crippen LogP contribution in [-0.4, -0.2) is 25.0 Å². The van der Waals surface area contributed by atoms with Crippen molar-refractivity contribution < 1.29 is 4.79 Å². The van der Waals surface area contributed by atoms with Crippen LogP contribution < -0.4 is 10.6 Å². The van der Waals surface area contributed by atoms with Crippen molar-refractivity contribution in [2.45, 2.75) is 38.1 Å². The molecule has 1 aliphatic carbocycles. The minimum Gasteiger partial charge on any atom is -0.353 e. The second-order valence-electron chi connectivity index (χ2n) is 5.73. The molecule has 2 N–H and O–H groups in total. The molecule has 4 heteroatoms. The Hall–Kier alpha value is -1.08. The van der Waals surface area contributed by atoms with Gasteiger partial charge in [0.2, 0.25) is 5.91 Å². The van der Waals surface area contributed by atoms with Crippen LogP contribution in [0.2, 0.25) is 0 Å². The zero-order valence-electron chi connectivity index (χ0n) is 10.0. The summed E-state index contributed by atoms with van der Waals surface area (Å²) in [5, 5.41) is 15.6. The van der Waals surface area contributed by atoms with Gasteiger partial charge < -0.3 is 10.6 Å². The van der Waals surface area contributed by atoms with Gasteiger partial charge in [-0.1, -0.05) is 0 Å². The topological polar surface area (TPSA) is 64.9 Å². The second kappa shape index (κ2) is 3.99. The van der Waals surface area contributed by atoms with Gasteiger partial charge in [0.05, 0.1) is 11.5 Å². The zero-order valence-corrected chi connectivity index (χ0v) is 10.0. The van der Waals surface area contributed by atoms with Crippen molar-refractivity contribution in [3.63, 3.8) is 0 Å². The molecular formula is C13H19N3O. The van der Waals surface area contributed by atoms with Crippen molar-refractivity contribution in [1.29, 1.82) is 5.26 Å². The molecule has 2 heterocycles. The summed E-state index contributed by atoms with van der Waals surface area (Å²) in [7, 11) is 0. The number of carbonyl (C=O) groups is 1. The predicted octanol–water partition coefficient (Wildman–Crippen LogP) is 0.794. The molecule has 1 spiro atoms. The van der Waals surface area contributed by atoms with Crippen LogP contribution in [0.5, 0.6) is 0 Å². The van der Waals surface area contributed by atoms with E-state index in [-0.39, 0.29) is 17.2 Å². The molecule has 0 bridgehead atoms. The lowest BCUT2D eigenvalue weighted by Crippen LogP contribution is -2.45. The normalized spacial score (nSPS) is 39.5. The Kier molecular flexibility index (Phi) is 2.59. The van der Waals surface area contributed by atoms with Crippen LogP contribution in [0.25, 0.3) is 0 Å². The molecule has 3 atom stereocenters. The minimum atomic E-state index is -0.161. The van der Waals surface area contributed by atoms with E-state index in [1.807, 2.05) is 0 Å². The second-order valence-corrected chi connectivity index (χ2v) is 5.73. The molecule has 0 aromatic rings. The Balaban J connectivity index is 1.87. The molecule has 0 aromatic carbocycles. The van der Waals surface area contributed by atoms with Crippen LogP contribution in [-0.2, 0) is 4.79 Å². The Morgan fingerprint density at radius 1 is 1.29 bits per heavy atom. The summed E-state index contributed by atoms with van der Waals surface area (Å²) in [6.07, 6.45) is 4.74. The molecule has 3 fully saturated rings. The van der Waals surface area contributed by atoms with E-state index >= 15 is 0 Å². The SMILES string of the molecule is N#CC1CCC2NC(=O)C3(CCNCC3)C2C1. The number of nitrogens with zero attached hydrogens (tertiary/aromatic N) is 1. The standard InChI is InChI=1S/C13H19N3O/c14-8-9-1-2-11-10(7-9)13(12(17)16-11)3-5-15-6-4-13/h9-11,15H,1-7H2,(H,16,17). The largest absolute Gasteiger partial charge is 0.353 e. The van der Waals surface area contributed by atoms with E-state index in [2.05, 4.69) is 16.7 Å². The summed E-state index contributed by atoms with van der Waals surface area (Å²) < 4.78 is 0. The maximum Gasteiger partial charge on any atom is 0.226 e. The monoisotopic (exact) mass is 233 g/mol. The Bertz CT molecular complexity index is 367. The summed E-state index contributed by atoms with van der Waals surface area (Å²) in [5.41, 5.74) is -0.161.